The van der Waals surface area contributed by atoms with Crippen molar-refractivity contribution in [2.24, 2.45) is 5.41 Å². The molecule has 1 aliphatic heterocycles. The third-order valence-corrected chi connectivity index (χ3v) is 3.81. The lowest BCUT2D eigenvalue weighted by atomic mass is 9.80. The Kier molecular flexibility index (Phi) is 4.15. The molecule has 98 valence electrons. The Morgan fingerprint density at radius 2 is 1.78 bits per heavy atom. The van der Waals surface area contributed by atoms with Crippen molar-refractivity contribution < 1.29 is 4.79 Å². The average Bonchev–Trinajstić information content (AvgIpc) is 2.28. The number of piperidine rings is 1. The topological polar surface area (TPSA) is 41.1 Å². The SMILES string of the molecule is CC1(C(=O)Nc2cc(Cl)cc(Cl)c2)CCNCC1. The zero-order valence-corrected chi connectivity index (χ0v) is 11.7. The van der Waals surface area contributed by atoms with Gasteiger partial charge in [-0.25, -0.2) is 0 Å². The van der Waals surface area contributed by atoms with Crippen LogP contribution >= 0.6 is 23.2 Å². The molecule has 5 heteroatoms. The average molecular weight is 287 g/mol. The molecule has 1 aliphatic rings. The Morgan fingerprint density at radius 1 is 1.22 bits per heavy atom. The molecule has 1 heterocycles. The molecule has 0 unspecified atom stereocenters. The number of carbonyl (C=O) groups is 1. The van der Waals surface area contributed by atoms with Crippen molar-refractivity contribution in [1.82, 2.24) is 5.32 Å². The van der Waals surface area contributed by atoms with Crippen LogP contribution in [0.1, 0.15) is 19.8 Å². The zero-order valence-electron chi connectivity index (χ0n) is 10.2. The smallest absolute Gasteiger partial charge is 0.230 e. The molecule has 0 spiro atoms. The number of halogens is 2. The Balaban J connectivity index is 2.10. The third-order valence-electron chi connectivity index (χ3n) is 3.38. The summed E-state index contributed by atoms with van der Waals surface area (Å²) in [5.41, 5.74) is 0.331. The van der Waals surface area contributed by atoms with Crippen LogP contribution in [0.15, 0.2) is 18.2 Å². The highest BCUT2D eigenvalue weighted by Gasteiger charge is 2.34. The fraction of sp³-hybridized carbons (Fsp3) is 0.462. The molecule has 2 rings (SSSR count). The van der Waals surface area contributed by atoms with E-state index in [1.54, 1.807) is 18.2 Å². The van der Waals surface area contributed by atoms with E-state index in [2.05, 4.69) is 10.6 Å². The second kappa shape index (κ2) is 5.47. The summed E-state index contributed by atoms with van der Waals surface area (Å²) in [7, 11) is 0. The lowest BCUT2D eigenvalue weighted by Crippen LogP contribution is -2.42. The molecule has 0 bridgehead atoms. The maximum atomic E-state index is 12.3. The van der Waals surface area contributed by atoms with Crippen LogP contribution in [0, 0.1) is 5.41 Å². The van der Waals surface area contributed by atoms with Gasteiger partial charge in [0.25, 0.3) is 0 Å². The fourth-order valence-corrected chi connectivity index (χ4v) is 2.64. The van der Waals surface area contributed by atoms with E-state index in [1.165, 1.54) is 0 Å². The van der Waals surface area contributed by atoms with Crippen molar-refractivity contribution in [2.45, 2.75) is 19.8 Å². The number of carbonyl (C=O) groups excluding carboxylic acids is 1. The molecule has 0 atom stereocenters. The minimum absolute atomic E-state index is 0.0299. The van der Waals surface area contributed by atoms with Crippen LogP contribution in [0.2, 0.25) is 10.0 Å². The predicted octanol–water partition coefficient (Wildman–Crippen LogP) is 3.32. The number of hydrogen-bond donors (Lipinski definition) is 2. The molecule has 0 radical (unpaired) electrons. The van der Waals surface area contributed by atoms with Crippen LogP contribution in [0.4, 0.5) is 5.69 Å². The first-order valence-corrected chi connectivity index (χ1v) is 6.73. The molecular formula is C13H16Cl2N2O. The Hall–Kier alpha value is -0.770. The van der Waals surface area contributed by atoms with Crippen molar-refractivity contribution >= 4 is 34.8 Å². The fourth-order valence-electron chi connectivity index (χ4n) is 2.11. The van der Waals surface area contributed by atoms with Crippen molar-refractivity contribution in [1.29, 1.82) is 0 Å². The monoisotopic (exact) mass is 286 g/mol. The standard InChI is InChI=1S/C13H16Cl2N2O/c1-13(2-4-16-5-3-13)12(18)17-11-7-9(14)6-10(15)8-11/h6-8,16H,2-5H2,1H3,(H,17,18). The van der Waals surface area contributed by atoms with Gasteiger partial charge in [0.2, 0.25) is 5.91 Å². The second-order valence-electron chi connectivity index (χ2n) is 4.92. The number of nitrogens with one attached hydrogen (secondary N) is 2. The minimum Gasteiger partial charge on any atom is -0.326 e. The number of rotatable bonds is 2. The van der Waals surface area contributed by atoms with Crippen LogP contribution in [-0.2, 0) is 4.79 Å². The van der Waals surface area contributed by atoms with Gasteiger partial charge in [-0.3, -0.25) is 4.79 Å². The quantitative estimate of drug-likeness (QED) is 0.876. The van der Waals surface area contributed by atoms with Crippen molar-refractivity contribution in [2.75, 3.05) is 18.4 Å². The Morgan fingerprint density at radius 3 is 2.33 bits per heavy atom. The first kappa shape index (κ1) is 13.7. The predicted molar refractivity (Wildman–Crippen MR) is 75.3 cm³/mol. The summed E-state index contributed by atoms with van der Waals surface area (Å²) in [6, 6.07) is 5.05. The molecule has 18 heavy (non-hydrogen) atoms. The maximum absolute atomic E-state index is 12.3. The molecule has 1 aromatic rings. The molecule has 2 N–H and O–H groups in total. The van der Waals surface area contributed by atoms with Crippen LogP contribution in [0.5, 0.6) is 0 Å². The second-order valence-corrected chi connectivity index (χ2v) is 5.80. The van der Waals surface area contributed by atoms with Gasteiger partial charge >= 0.3 is 0 Å². The first-order valence-electron chi connectivity index (χ1n) is 5.98. The van der Waals surface area contributed by atoms with Gasteiger partial charge < -0.3 is 10.6 Å². The van der Waals surface area contributed by atoms with E-state index < -0.39 is 0 Å². The van der Waals surface area contributed by atoms with Gasteiger partial charge in [-0.1, -0.05) is 30.1 Å². The van der Waals surface area contributed by atoms with Gasteiger partial charge in [-0.2, -0.15) is 0 Å². The number of hydrogen-bond acceptors (Lipinski definition) is 2. The van der Waals surface area contributed by atoms with Crippen LogP contribution in [0.3, 0.4) is 0 Å². The molecule has 1 saturated heterocycles. The zero-order chi connectivity index (χ0) is 13.2. The number of amides is 1. The van der Waals surface area contributed by atoms with Gasteiger partial charge in [0.05, 0.1) is 0 Å². The molecule has 0 aromatic heterocycles. The summed E-state index contributed by atoms with van der Waals surface area (Å²) >= 11 is 11.8. The normalized spacial score (nSPS) is 18.4. The molecule has 3 nitrogen and oxygen atoms in total. The lowest BCUT2D eigenvalue weighted by Gasteiger charge is -2.32. The number of benzene rings is 1. The summed E-state index contributed by atoms with van der Waals surface area (Å²) in [6.45, 7) is 3.75. The Labute approximate surface area is 117 Å². The van der Waals surface area contributed by atoms with Crippen molar-refractivity contribution in [3.63, 3.8) is 0 Å². The summed E-state index contributed by atoms with van der Waals surface area (Å²) in [5.74, 6) is 0.0299. The number of anilines is 1. The molecule has 0 saturated carbocycles. The summed E-state index contributed by atoms with van der Waals surface area (Å²) in [4.78, 5) is 12.3. The van der Waals surface area contributed by atoms with Crippen LogP contribution in [-0.4, -0.2) is 19.0 Å². The van der Waals surface area contributed by atoms with E-state index in [-0.39, 0.29) is 11.3 Å². The molecule has 0 aliphatic carbocycles. The van der Waals surface area contributed by atoms with E-state index >= 15 is 0 Å². The van der Waals surface area contributed by atoms with Crippen LogP contribution < -0.4 is 10.6 Å². The first-order chi connectivity index (χ1) is 8.49. The van der Waals surface area contributed by atoms with Gasteiger partial charge in [-0.05, 0) is 44.1 Å². The molecule has 1 aromatic carbocycles. The van der Waals surface area contributed by atoms with E-state index in [0.717, 1.165) is 25.9 Å². The van der Waals surface area contributed by atoms with E-state index in [9.17, 15) is 4.79 Å². The van der Waals surface area contributed by atoms with Crippen molar-refractivity contribution in [3.05, 3.63) is 28.2 Å². The van der Waals surface area contributed by atoms with Crippen molar-refractivity contribution in [3.8, 4) is 0 Å². The maximum Gasteiger partial charge on any atom is 0.230 e. The highest BCUT2D eigenvalue weighted by molar-refractivity contribution is 6.35. The summed E-state index contributed by atoms with van der Waals surface area (Å²) in [5, 5.41) is 7.20. The van der Waals surface area contributed by atoms with Gasteiger partial charge in [0, 0.05) is 21.1 Å². The Bertz CT molecular complexity index is 436. The molecular weight excluding hydrogens is 271 g/mol. The van der Waals surface area contributed by atoms with E-state index in [4.69, 9.17) is 23.2 Å². The molecule has 1 amide bonds. The lowest BCUT2D eigenvalue weighted by molar-refractivity contribution is -0.126. The minimum atomic E-state index is -0.319. The highest BCUT2D eigenvalue weighted by Crippen LogP contribution is 2.30. The van der Waals surface area contributed by atoms with Gasteiger partial charge in [0.1, 0.15) is 0 Å². The molecule has 1 fully saturated rings. The van der Waals surface area contributed by atoms with Crippen LogP contribution in [0.25, 0.3) is 0 Å². The van der Waals surface area contributed by atoms with Gasteiger partial charge in [-0.15, -0.1) is 0 Å². The van der Waals surface area contributed by atoms with E-state index in [0.29, 0.717) is 15.7 Å². The largest absolute Gasteiger partial charge is 0.326 e. The highest BCUT2D eigenvalue weighted by atomic mass is 35.5. The third kappa shape index (κ3) is 3.16. The van der Waals surface area contributed by atoms with E-state index in [1.807, 2.05) is 6.92 Å². The van der Waals surface area contributed by atoms with Gasteiger partial charge in [0.15, 0.2) is 0 Å². The summed E-state index contributed by atoms with van der Waals surface area (Å²) in [6.07, 6.45) is 1.68. The summed E-state index contributed by atoms with van der Waals surface area (Å²) < 4.78 is 0.